The van der Waals surface area contributed by atoms with E-state index in [9.17, 15) is 24.6 Å². The van der Waals surface area contributed by atoms with E-state index in [1.807, 2.05) is 6.07 Å². The highest BCUT2D eigenvalue weighted by Gasteiger charge is 2.53. The van der Waals surface area contributed by atoms with Crippen molar-refractivity contribution in [3.8, 4) is 6.07 Å². The van der Waals surface area contributed by atoms with Crippen LogP contribution in [0.4, 0.5) is 5.69 Å². The highest BCUT2D eigenvalue weighted by atomic mass is 16.4. The molecule has 136 valence electrons. The van der Waals surface area contributed by atoms with Gasteiger partial charge in [-0.1, -0.05) is 24.3 Å². The molecule has 0 fully saturated rings. The van der Waals surface area contributed by atoms with Gasteiger partial charge in [-0.05, 0) is 48.2 Å². The number of carboxylic acids is 2. The van der Waals surface area contributed by atoms with Crippen molar-refractivity contribution in [1.29, 1.82) is 5.26 Å². The molecule has 0 heterocycles. The molecule has 0 spiro atoms. The Morgan fingerprint density at radius 2 is 1.74 bits per heavy atom. The van der Waals surface area contributed by atoms with Gasteiger partial charge >= 0.3 is 11.9 Å². The fourth-order valence-corrected chi connectivity index (χ4v) is 3.41. The van der Waals surface area contributed by atoms with Crippen molar-refractivity contribution in [3.05, 3.63) is 65.2 Å². The third kappa shape index (κ3) is 3.25. The van der Waals surface area contributed by atoms with Crippen molar-refractivity contribution in [2.45, 2.75) is 18.8 Å². The van der Waals surface area contributed by atoms with Gasteiger partial charge in [0.25, 0.3) is 0 Å². The van der Waals surface area contributed by atoms with E-state index in [1.54, 1.807) is 30.3 Å². The molecule has 0 aliphatic heterocycles. The van der Waals surface area contributed by atoms with Crippen LogP contribution in [-0.4, -0.2) is 28.1 Å². The Morgan fingerprint density at radius 3 is 2.33 bits per heavy atom. The number of carbonyl (C=O) groups is 3. The van der Waals surface area contributed by atoms with Crippen LogP contribution in [0.1, 0.15) is 29.0 Å². The van der Waals surface area contributed by atoms with Crippen LogP contribution in [0.2, 0.25) is 0 Å². The summed E-state index contributed by atoms with van der Waals surface area (Å²) in [5.41, 5.74) is -0.328. The third-order valence-corrected chi connectivity index (χ3v) is 4.87. The number of fused-ring (bicyclic) bond motifs is 1. The number of nitrogens with one attached hydrogen (secondary N) is 1. The van der Waals surface area contributed by atoms with Gasteiger partial charge in [0.15, 0.2) is 5.41 Å². The number of nitriles is 1. The fraction of sp³-hybridized carbons (Fsp3) is 0.200. The molecule has 2 aromatic rings. The van der Waals surface area contributed by atoms with Crippen molar-refractivity contribution in [2.24, 2.45) is 5.41 Å². The Balaban J connectivity index is 2.07. The first-order valence-corrected chi connectivity index (χ1v) is 8.23. The fourth-order valence-electron chi connectivity index (χ4n) is 3.41. The summed E-state index contributed by atoms with van der Waals surface area (Å²) in [7, 11) is 0. The number of anilines is 1. The highest BCUT2D eigenvalue weighted by molar-refractivity contribution is 6.02. The molecular weight excluding hydrogens is 348 g/mol. The first kappa shape index (κ1) is 18.1. The first-order valence-electron chi connectivity index (χ1n) is 8.23. The average molecular weight is 364 g/mol. The molecule has 0 aromatic heterocycles. The summed E-state index contributed by atoms with van der Waals surface area (Å²) in [6, 6.07) is 15.1. The number of nitrogens with zero attached hydrogens (tertiary/aromatic N) is 1. The number of hydrogen-bond donors (Lipinski definition) is 3. The molecule has 1 aliphatic carbocycles. The molecule has 1 aliphatic rings. The minimum Gasteiger partial charge on any atom is -0.480 e. The molecule has 7 heteroatoms. The molecule has 0 saturated heterocycles. The van der Waals surface area contributed by atoms with Crippen LogP contribution < -0.4 is 5.32 Å². The van der Waals surface area contributed by atoms with Crippen molar-refractivity contribution in [1.82, 2.24) is 0 Å². The van der Waals surface area contributed by atoms with E-state index in [2.05, 4.69) is 5.32 Å². The molecule has 1 amide bonds. The zero-order valence-electron chi connectivity index (χ0n) is 14.2. The monoisotopic (exact) mass is 364 g/mol. The zero-order valence-corrected chi connectivity index (χ0v) is 14.2. The van der Waals surface area contributed by atoms with E-state index in [-0.39, 0.29) is 6.42 Å². The Morgan fingerprint density at radius 1 is 1.07 bits per heavy atom. The van der Waals surface area contributed by atoms with Gasteiger partial charge in [-0.15, -0.1) is 0 Å². The Labute approximate surface area is 154 Å². The van der Waals surface area contributed by atoms with Crippen LogP contribution >= 0.6 is 0 Å². The predicted molar refractivity (Wildman–Crippen MR) is 95.0 cm³/mol. The second-order valence-electron chi connectivity index (χ2n) is 6.51. The van der Waals surface area contributed by atoms with Gasteiger partial charge in [-0.3, -0.25) is 14.4 Å². The number of para-hydroxylation sites is 1. The zero-order chi connectivity index (χ0) is 19.6. The van der Waals surface area contributed by atoms with Crippen molar-refractivity contribution >= 4 is 23.5 Å². The normalized spacial score (nSPS) is 17.2. The molecule has 27 heavy (non-hydrogen) atoms. The summed E-state index contributed by atoms with van der Waals surface area (Å²) in [4.78, 5) is 36.5. The van der Waals surface area contributed by atoms with Crippen LogP contribution in [0.5, 0.6) is 0 Å². The van der Waals surface area contributed by atoms with Crippen LogP contribution in [0, 0.1) is 16.7 Å². The van der Waals surface area contributed by atoms with Crippen LogP contribution in [-0.2, 0) is 20.8 Å². The van der Waals surface area contributed by atoms with Gasteiger partial charge in [0.1, 0.15) is 0 Å². The minimum absolute atomic E-state index is 0.242. The predicted octanol–water partition coefficient (Wildman–Crippen LogP) is 2.38. The van der Waals surface area contributed by atoms with Crippen molar-refractivity contribution < 1.29 is 24.6 Å². The topological polar surface area (TPSA) is 127 Å². The van der Waals surface area contributed by atoms with Crippen LogP contribution in [0.15, 0.2) is 48.5 Å². The smallest absolute Gasteiger partial charge is 0.321 e. The standard InChI is InChI=1S/C20H16N2O5/c21-11-12-6-7-13-9-20(18(24)25,19(26)27)10-16(15(13)8-12)17(23)22-14-4-2-1-3-5-14/h1-8,16H,9-10H2,(H,22,23)(H,24,25)(H,26,27). The van der Waals surface area contributed by atoms with E-state index >= 15 is 0 Å². The van der Waals surface area contributed by atoms with E-state index in [4.69, 9.17) is 5.26 Å². The van der Waals surface area contributed by atoms with Gasteiger partial charge in [-0.25, -0.2) is 0 Å². The van der Waals surface area contributed by atoms with E-state index < -0.39 is 35.6 Å². The molecule has 0 radical (unpaired) electrons. The molecule has 3 rings (SSSR count). The molecular formula is C20H16N2O5. The minimum atomic E-state index is -2.10. The number of rotatable bonds is 4. The lowest BCUT2D eigenvalue weighted by molar-refractivity contribution is -0.166. The maximum atomic E-state index is 12.9. The molecule has 0 bridgehead atoms. The summed E-state index contributed by atoms with van der Waals surface area (Å²) in [6.45, 7) is 0. The lowest BCUT2D eigenvalue weighted by atomic mass is 9.66. The second-order valence-corrected chi connectivity index (χ2v) is 6.51. The average Bonchev–Trinajstić information content (AvgIpc) is 2.66. The lowest BCUT2D eigenvalue weighted by Crippen LogP contribution is -2.47. The summed E-state index contributed by atoms with van der Waals surface area (Å²) in [6.07, 6.45) is -0.633. The largest absolute Gasteiger partial charge is 0.480 e. The summed E-state index contributed by atoms with van der Waals surface area (Å²) >= 11 is 0. The Kier molecular flexibility index (Phi) is 4.65. The third-order valence-electron chi connectivity index (χ3n) is 4.87. The van der Waals surface area contributed by atoms with Gasteiger partial charge < -0.3 is 15.5 Å². The van der Waals surface area contributed by atoms with Crippen molar-refractivity contribution in [3.63, 3.8) is 0 Å². The number of aliphatic carboxylic acids is 2. The van der Waals surface area contributed by atoms with E-state index in [1.165, 1.54) is 18.2 Å². The van der Waals surface area contributed by atoms with Crippen LogP contribution in [0.25, 0.3) is 0 Å². The Bertz CT molecular complexity index is 948. The summed E-state index contributed by atoms with van der Waals surface area (Å²) in [5, 5.41) is 31.1. The van der Waals surface area contributed by atoms with Gasteiger partial charge in [-0.2, -0.15) is 5.26 Å². The second kappa shape index (κ2) is 6.92. The molecule has 2 aromatic carbocycles. The van der Waals surface area contributed by atoms with Crippen LogP contribution in [0.3, 0.4) is 0 Å². The molecule has 1 unspecified atom stereocenters. The molecule has 3 N–H and O–H groups in total. The molecule has 1 atom stereocenters. The maximum Gasteiger partial charge on any atom is 0.321 e. The van der Waals surface area contributed by atoms with Crippen molar-refractivity contribution in [2.75, 3.05) is 5.32 Å². The van der Waals surface area contributed by atoms with Gasteiger partial charge in [0, 0.05) is 5.69 Å². The summed E-state index contributed by atoms with van der Waals surface area (Å²) in [5.74, 6) is -4.48. The first-order chi connectivity index (χ1) is 12.9. The van der Waals surface area contributed by atoms with E-state index in [0.29, 0.717) is 22.4 Å². The lowest BCUT2D eigenvalue weighted by Gasteiger charge is -2.35. The maximum absolute atomic E-state index is 12.9. The number of benzene rings is 2. The Hall–Kier alpha value is -3.66. The molecule has 7 nitrogen and oxygen atoms in total. The quantitative estimate of drug-likeness (QED) is 0.715. The van der Waals surface area contributed by atoms with E-state index in [0.717, 1.165) is 0 Å². The number of hydrogen-bond acceptors (Lipinski definition) is 4. The number of amides is 1. The SMILES string of the molecule is N#Cc1ccc2c(c1)C(C(=O)Nc1ccccc1)CC(C(=O)O)(C(=O)O)C2. The summed E-state index contributed by atoms with van der Waals surface area (Å²) < 4.78 is 0. The number of carbonyl (C=O) groups excluding carboxylic acids is 1. The highest BCUT2D eigenvalue weighted by Crippen LogP contribution is 2.44. The van der Waals surface area contributed by atoms with Gasteiger partial charge in [0.2, 0.25) is 5.91 Å². The molecule has 0 saturated carbocycles. The van der Waals surface area contributed by atoms with Gasteiger partial charge in [0.05, 0.1) is 17.6 Å². The number of carboxylic acid groups (broad SMARTS) is 2.